The maximum atomic E-state index is 7.23. The fourth-order valence-corrected chi connectivity index (χ4v) is 4.67. The van der Waals surface area contributed by atoms with Crippen LogP contribution in [-0.2, 0) is 0 Å². The summed E-state index contributed by atoms with van der Waals surface area (Å²) < 4.78 is 2.37. The van der Waals surface area contributed by atoms with Crippen LogP contribution in [0.2, 0.25) is 0 Å². The second-order valence-corrected chi connectivity index (χ2v) is 8.13. The molecule has 0 saturated carbocycles. The zero-order chi connectivity index (χ0) is 22.2. The first-order valence-corrected chi connectivity index (χ1v) is 11.0. The van der Waals surface area contributed by atoms with E-state index in [-0.39, 0.29) is 0 Å². The first-order valence-electron chi connectivity index (χ1n) is 11.0. The Morgan fingerprint density at radius 2 is 1.09 bits per heavy atom. The van der Waals surface area contributed by atoms with E-state index < -0.39 is 0 Å². The van der Waals surface area contributed by atoms with Crippen LogP contribution in [0.4, 0.5) is 5.69 Å². The number of benzene rings is 5. The summed E-state index contributed by atoms with van der Waals surface area (Å²) in [4.78, 5) is 3.52. The fourth-order valence-electron chi connectivity index (χ4n) is 4.67. The second-order valence-electron chi connectivity index (χ2n) is 8.13. The van der Waals surface area contributed by atoms with Crippen LogP contribution in [0.1, 0.15) is 0 Å². The second kappa shape index (κ2) is 7.82. The van der Waals surface area contributed by atoms with Crippen LogP contribution < -0.4 is 0 Å². The van der Waals surface area contributed by atoms with E-state index in [0.717, 1.165) is 16.8 Å². The van der Waals surface area contributed by atoms with Gasteiger partial charge in [-0.05, 0) is 41.0 Å². The van der Waals surface area contributed by atoms with Gasteiger partial charge in [0.25, 0.3) is 0 Å². The van der Waals surface area contributed by atoms with Crippen molar-refractivity contribution in [2.75, 3.05) is 0 Å². The molecule has 0 bridgehead atoms. The van der Waals surface area contributed by atoms with Crippen LogP contribution in [0, 0.1) is 6.57 Å². The molecule has 0 N–H and O–H groups in total. The van der Waals surface area contributed by atoms with Gasteiger partial charge in [-0.2, -0.15) is 0 Å². The van der Waals surface area contributed by atoms with Crippen molar-refractivity contribution in [3.63, 3.8) is 0 Å². The number of aromatic nitrogens is 1. The number of hydrogen-bond acceptors (Lipinski definition) is 0. The highest BCUT2D eigenvalue weighted by molar-refractivity contribution is 6.09. The highest BCUT2D eigenvalue weighted by atomic mass is 15.0. The highest BCUT2D eigenvalue weighted by Crippen LogP contribution is 2.38. The first-order chi connectivity index (χ1) is 16.3. The van der Waals surface area contributed by atoms with Crippen molar-refractivity contribution in [2.45, 2.75) is 0 Å². The number of nitrogens with zero attached hydrogens (tertiary/aromatic N) is 2. The number of para-hydroxylation sites is 2. The molecule has 2 heteroatoms. The molecule has 6 aromatic rings. The lowest BCUT2D eigenvalue weighted by Crippen LogP contribution is -1.97. The fraction of sp³-hybridized carbons (Fsp3) is 0. The molecule has 2 nitrogen and oxygen atoms in total. The van der Waals surface area contributed by atoms with E-state index in [4.69, 9.17) is 6.57 Å². The zero-order valence-electron chi connectivity index (χ0n) is 17.9. The summed E-state index contributed by atoms with van der Waals surface area (Å²) in [7, 11) is 0. The van der Waals surface area contributed by atoms with Gasteiger partial charge in [-0.15, -0.1) is 0 Å². The normalized spacial score (nSPS) is 11.0. The molecule has 154 valence electrons. The van der Waals surface area contributed by atoms with E-state index in [1.807, 2.05) is 24.3 Å². The van der Waals surface area contributed by atoms with Crippen LogP contribution in [0.25, 0.3) is 54.6 Å². The van der Waals surface area contributed by atoms with E-state index in [9.17, 15) is 0 Å². The largest absolute Gasteiger partial charge is 0.309 e. The molecule has 1 heterocycles. The van der Waals surface area contributed by atoms with Crippen molar-refractivity contribution in [1.82, 2.24) is 4.57 Å². The zero-order valence-corrected chi connectivity index (χ0v) is 17.9. The minimum absolute atomic E-state index is 0.656. The summed E-state index contributed by atoms with van der Waals surface area (Å²) in [6.07, 6.45) is 0. The predicted molar refractivity (Wildman–Crippen MR) is 138 cm³/mol. The van der Waals surface area contributed by atoms with Crippen LogP contribution >= 0.6 is 0 Å². The topological polar surface area (TPSA) is 9.29 Å². The molecular weight excluding hydrogens is 400 g/mol. The van der Waals surface area contributed by atoms with Crippen molar-refractivity contribution in [3.05, 3.63) is 133 Å². The number of hydrogen-bond donors (Lipinski definition) is 0. The van der Waals surface area contributed by atoms with Gasteiger partial charge in [0, 0.05) is 16.3 Å². The maximum absolute atomic E-state index is 7.23. The van der Waals surface area contributed by atoms with Crippen molar-refractivity contribution < 1.29 is 0 Å². The molecule has 0 radical (unpaired) electrons. The summed E-state index contributed by atoms with van der Waals surface area (Å²) in [6.45, 7) is 7.23. The Morgan fingerprint density at radius 1 is 0.515 bits per heavy atom. The third-order valence-electron chi connectivity index (χ3n) is 6.23. The van der Waals surface area contributed by atoms with Crippen LogP contribution in [0.15, 0.2) is 121 Å². The minimum Gasteiger partial charge on any atom is -0.309 e. The standard InChI is InChI=1S/C31H20N2/c1-32-25-18-15-22(16-19-25)24-17-20-31(28(21-24)23-9-3-2-4-10-23)33-29-13-7-5-11-26(29)27-12-6-8-14-30(27)33/h2-21H. The quantitative estimate of drug-likeness (QED) is 0.253. The molecule has 0 aliphatic heterocycles. The summed E-state index contributed by atoms with van der Waals surface area (Å²) in [5, 5.41) is 2.51. The third-order valence-corrected chi connectivity index (χ3v) is 6.23. The van der Waals surface area contributed by atoms with Gasteiger partial charge in [-0.3, -0.25) is 0 Å². The van der Waals surface area contributed by atoms with E-state index in [1.54, 1.807) is 0 Å². The Bertz CT molecular complexity index is 1600. The average molecular weight is 421 g/mol. The van der Waals surface area contributed by atoms with Gasteiger partial charge in [0.05, 0.1) is 23.3 Å². The van der Waals surface area contributed by atoms with Crippen molar-refractivity contribution in [2.24, 2.45) is 0 Å². The van der Waals surface area contributed by atoms with Crippen LogP contribution in [0.5, 0.6) is 0 Å². The Morgan fingerprint density at radius 3 is 1.73 bits per heavy atom. The Balaban J connectivity index is 1.65. The molecule has 1 aromatic heterocycles. The monoisotopic (exact) mass is 420 g/mol. The van der Waals surface area contributed by atoms with Gasteiger partial charge >= 0.3 is 0 Å². The summed E-state index contributed by atoms with van der Waals surface area (Å²) in [5.74, 6) is 0. The molecule has 33 heavy (non-hydrogen) atoms. The average Bonchev–Trinajstić information content (AvgIpc) is 3.23. The van der Waals surface area contributed by atoms with Gasteiger partial charge in [0.1, 0.15) is 0 Å². The van der Waals surface area contributed by atoms with Gasteiger partial charge in [0.15, 0.2) is 5.69 Å². The predicted octanol–water partition coefficient (Wildman–Crippen LogP) is 8.67. The summed E-state index contributed by atoms with van der Waals surface area (Å²) in [5.41, 5.74) is 8.80. The number of fused-ring (bicyclic) bond motifs is 3. The molecule has 0 unspecified atom stereocenters. The molecule has 0 saturated heterocycles. The molecule has 5 aromatic carbocycles. The van der Waals surface area contributed by atoms with Gasteiger partial charge in [-0.25, -0.2) is 4.85 Å². The van der Waals surface area contributed by atoms with Crippen LogP contribution in [0.3, 0.4) is 0 Å². The Kier molecular flexibility index (Phi) is 4.53. The van der Waals surface area contributed by atoms with E-state index in [1.165, 1.54) is 32.9 Å². The Hall–Kier alpha value is -4.61. The SMILES string of the molecule is [C-]#[N+]c1ccc(-c2ccc(-n3c4ccccc4c4ccccc43)c(-c3ccccc3)c2)cc1. The lowest BCUT2D eigenvalue weighted by atomic mass is 9.97. The van der Waals surface area contributed by atoms with E-state index in [0.29, 0.717) is 5.69 Å². The minimum atomic E-state index is 0.656. The van der Waals surface area contributed by atoms with Crippen molar-refractivity contribution in [1.29, 1.82) is 0 Å². The summed E-state index contributed by atoms with van der Waals surface area (Å²) >= 11 is 0. The third kappa shape index (κ3) is 3.19. The van der Waals surface area contributed by atoms with Crippen molar-refractivity contribution in [3.8, 4) is 27.9 Å². The van der Waals surface area contributed by atoms with Crippen LogP contribution in [-0.4, -0.2) is 4.57 Å². The lowest BCUT2D eigenvalue weighted by Gasteiger charge is -2.16. The molecule has 6 rings (SSSR count). The molecule has 0 fully saturated rings. The number of rotatable bonds is 3. The van der Waals surface area contributed by atoms with Gasteiger partial charge in [-0.1, -0.05) is 97.1 Å². The Labute approximate surface area is 192 Å². The van der Waals surface area contributed by atoms with Crippen molar-refractivity contribution >= 4 is 27.5 Å². The molecule has 0 aliphatic carbocycles. The molecular formula is C31H20N2. The van der Waals surface area contributed by atoms with E-state index in [2.05, 4.69) is 106 Å². The van der Waals surface area contributed by atoms with Gasteiger partial charge < -0.3 is 4.57 Å². The van der Waals surface area contributed by atoms with E-state index >= 15 is 0 Å². The smallest absolute Gasteiger partial charge is 0.187 e. The lowest BCUT2D eigenvalue weighted by molar-refractivity contribution is 1.18. The maximum Gasteiger partial charge on any atom is 0.187 e. The highest BCUT2D eigenvalue weighted by Gasteiger charge is 2.16. The first kappa shape index (κ1) is 19.1. The molecule has 0 aliphatic rings. The van der Waals surface area contributed by atoms with Gasteiger partial charge in [0.2, 0.25) is 0 Å². The molecule has 0 spiro atoms. The molecule has 0 atom stereocenters. The molecule has 0 amide bonds. The summed E-state index contributed by atoms with van der Waals surface area (Å²) in [6, 6.07) is 42.2.